The Kier molecular flexibility index (Phi) is 3.49. The van der Waals surface area contributed by atoms with Crippen molar-refractivity contribution < 1.29 is 9.53 Å². The van der Waals surface area contributed by atoms with Crippen molar-refractivity contribution in [3.63, 3.8) is 0 Å². The number of nitrogens with zero attached hydrogens (tertiary/aromatic N) is 3. The van der Waals surface area contributed by atoms with E-state index < -0.39 is 5.60 Å². The van der Waals surface area contributed by atoms with E-state index in [1.54, 1.807) is 4.90 Å². The number of amides is 1. The molecule has 0 aromatic carbocycles. The number of nitriles is 1. The van der Waals surface area contributed by atoms with Crippen LogP contribution >= 0.6 is 0 Å². The molecule has 5 nitrogen and oxygen atoms in total. The minimum absolute atomic E-state index is 0.182. The Morgan fingerprint density at radius 2 is 2.00 bits per heavy atom. The Labute approximate surface area is 108 Å². The number of piperazine rings is 1. The van der Waals surface area contributed by atoms with E-state index in [-0.39, 0.29) is 12.1 Å². The minimum Gasteiger partial charge on any atom is -0.444 e. The quantitative estimate of drug-likeness (QED) is 0.710. The van der Waals surface area contributed by atoms with Crippen LogP contribution in [0.25, 0.3) is 0 Å². The molecule has 0 spiro atoms. The lowest BCUT2D eigenvalue weighted by Crippen LogP contribution is -2.55. The summed E-state index contributed by atoms with van der Waals surface area (Å²) in [4.78, 5) is 15.8. The van der Waals surface area contributed by atoms with Crippen molar-refractivity contribution in [1.82, 2.24) is 9.80 Å². The van der Waals surface area contributed by atoms with Crippen molar-refractivity contribution in [3.8, 4) is 6.07 Å². The van der Waals surface area contributed by atoms with E-state index in [4.69, 9.17) is 4.74 Å². The molecule has 2 fully saturated rings. The standard InChI is InChI=1S/C13H21N3O2/c1-13(2,3)18-12(17)15-6-7-16(10-4-5-10)11(8-14)9-15/h10-11H,4-7,9H2,1-3H3. The van der Waals surface area contributed by atoms with Crippen LogP contribution in [0.2, 0.25) is 0 Å². The molecule has 1 amide bonds. The maximum Gasteiger partial charge on any atom is 0.410 e. The number of rotatable bonds is 1. The van der Waals surface area contributed by atoms with E-state index in [2.05, 4.69) is 11.0 Å². The highest BCUT2D eigenvalue weighted by molar-refractivity contribution is 5.68. The second kappa shape index (κ2) is 4.77. The molecule has 0 N–H and O–H groups in total. The van der Waals surface area contributed by atoms with Gasteiger partial charge in [0.05, 0.1) is 12.6 Å². The van der Waals surface area contributed by atoms with Gasteiger partial charge in [-0.05, 0) is 33.6 Å². The summed E-state index contributed by atoms with van der Waals surface area (Å²) >= 11 is 0. The summed E-state index contributed by atoms with van der Waals surface area (Å²) in [7, 11) is 0. The molecule has 100 valence electrons. The van der Waals surface area contributed by atoms with Crippen molar-refractivity contribution in [2.75, 3.05) is 19.6 Å². The normalized spacial score (nSPS) is 25.7. The lowest BCUT2D eigenvalue weighted by Gasteiger charge is -2.38. The second-order valence-corrected chi connectivity index (χ2v) is 6.04. The Bertz CT molecular complexity index is 365. The topological polar surface area (TPSA) is 56.6 Å². The molecule has 0 bridgehead atoms. The van der Waals surface area contributed by atoms with Crippen LogP contribution in [0.4, 0.5) is 4.79 Å². The fraction of sp³-hybridized carbons (Fsp3) is 0.846. The van der Waals surface area contributed by atoms with E-state index in [1.165, 1.54) is 12.8 Å². The minimum atomic E-state index is -0.479. The van der Waals surface area contributed by atoms with E-state index in [0.29, 0.717) is 19.1 Å². The molecule has 5 heteroatoms. The van der Waals surface area contributed by atoms with Gasteiger partial charge >= 0.3 is 6.09 Å². The summed E-state index contributed by atoms with van der Waals surface area (Å²) < 4.78 is 5.34. The van der Waals surface area contributed by atoms with Crippen LogP contribution < -0.4 is 0 Å². The first-order chi connectivity index (χ1) is 8.40. The molecule has 1 unspecified atom stereocenters. The average molecular weight is 251 g/mol. The summed E-state index contributed by atoms with van der Waals surface area (Å²) in [6, 6.07) is 2.68. The van der Waals surface area contributed by atoms with Gasteiger partial charge in [0, 0.05) is 19.1 Å². The first kappa shape index (κ1) is 13.2. The number of hydrogen-bond acceptors (Lipinski definition) is 4. The van der Waals surface area contributed by atoms with Crippen molar-refractivity contribution in [1.29, 1.82) is 5.26 Å². The van der Waals surface area contributed by atoms with E-state index in [0.717, 1.165) is 6.54 Å². The second-order valence-electron chi connectivity index (χ2n) is 6.04. The molecule has 0 aromatic heterocycles. The summed E-state index contributed by atoms with van der Waals surface area (Å²) in [5.41, 5.74) is -0.479. The van der Waals surface area contributed by atoms with Crippen molar-refractivity contribution in [3.05, 3.63) is 0 Å². The molecule has 2 aliphatic rings. The third-order valence-corrected chi connectivity index (χ3v) is 3.24. The summed E-state index contributed by atoms with van der Waals surface area (Å²) in [6.07, 6.45) is 2.06. The molecule has 2 rings (SSSR count). The smallest absolute Gasteiger partial charge is 0.410 e. The van der Waals surface area contributed by atoms with Gasteiger partial charge in [-0.2, -0.15) is 5.26 Å². The molecule has 1 aliphatic carbocycles. The molecular weight excluding hydrogens is 230 g/mol. The van der Waals surface area contributed by atoms with Gasteiger partial charge in [0.15, 0.2) is 0 Å². The highest BCUT2D eigenvalue weighted by Gasteiger charge is 2.39. The van der Waals surface area contributed by atoms with Crippen molar-refractivity contribution in [2.45, 2.75) is 51.3 Å². The average Bonchev–Trinajstić information content (AvgIpc) is 3.09. The fourth-order valence-corrected chi connectivity index (χ4v) is 2.25. The van der Waals surface area contributed by atoms with Gasteiger partial charge in [-0.3, -0.25) is 4.90 Å². The molecule has 0 aromatic rings. The van der Waals surface area contributed by atoms with Gasteiger partial charge < -0.3 is 9.64 Å². The van der Waals surface area contributed by atoms with Gasteiger partial charge in [-0.1, -0.05) is 0 Å². The molecule has 1 saturated carbocycles. The van der Waals surface area contributed by atoms with Crippen LogP contribution in [0.1, 0.15) is 33.6 Å². The van der Waals surface area contributed by atoms with Crippen molar-refractivity contribution >= 4 is 6.09 Å². The lowest BCUT2D eigenvalue weighted by molar-refractivity contribution is 0.00825. The van der Waals surface area contributed by atoms with Gasteiger partial charge in [-0.15, -0.1) is 0 Å². The molecule has 18 heavy (non-hydrogen) atoms. The molecule has 1 atom stereocenters. The molecule has 1 heterocycles. The molecule has 0 radical (unpaired) electrons. The van der Waals surface area contributed by atoms with Gasteiger partial charge in [0.1, 0.15) is 11.6 Å². The van der Waals surface area contributed by atoms with Crippen molar-refractivity contribution in [2.24, 2.45) is 0 Å². The van der Waals surface area contributed by atoms with Crippen LogP contribution in [0.3, 0.4) is 0 Å². The summed E-state index contributed by atoms with van der Waals surface area (Å²) in [5.74, 6) is 0. The Morgan fingerprint density at radius 1 is 1.33 bits per heavy atom. The zero-order valence-corrected chi connectivity index (χ0v) is 11.3. The van der Waals surface area contributed by atoms with Gasteiger partial charge in [0.25, 0.3) is 0 Å². The monoisotopic (exact) mass is 251 g/mol. The van der Waals surface area contributed by atoms with Gasteiger partial charge in [-0.25, -0.2) is 4.79 Å². The zero-order valence-electron chi connectivity index (χ0n) is 11.3. The summed E-state index contributed by atoms with van der Waals surface area (Å²) in [6.45, 7) is 7.46. The van der Waals surface area contributed by atoms with E-state index >= 15 is 0 Å². The van der Waals surface area contributed by atoms with Gasteiger partial charge in [0.2, 0.25) is 0 Å². The van der Waals surface area contributed by atoms with Crippen LogP contribution in [0.5, 0.6) is 0 Å². The molecular formula is C13H21N3O2. The predicted molar refractivity (Wildman–Crippen MR) is 66.9 cm³/mol. The van der Waals surface area contributed by atoms with E-state index in [9.17, 15) is 10.1 Å². The predicted octanol–water partition coefficient (Wildman–Crippen LogP) is 1.59. The highest BCUT2D eigenvalue weighted by atomic mass is 16.6. The maximum absolute atomic E-state index is 11.9. The van der Waals surface area contributed by atoms with Crippen LogP contribution in [-0.4, -0.2) is 53.2 Å². The Morgan fingerprint density at radius 3 is 2.50 bits per heavy atom. The van der Waals surface area contributed by atoms with E-state index in [1.807, 2.05) is 20.8 Å². The van der Waals surface area contributed by atoms with Crippen LogP contribution in [0, 0.1) is 11.3 Å². The Balaban J connectivity index is 1.93. The first-order valence-corrected chi connectivity index (χ1v) is 6.54. The molecule has 1 saturated heterocycles. The lowest BCUT2D eigenvalue weighted by atomic mass is 10.2. The zero-order chi connectivity index (χ0) is 13.3. The molecule has 1 aliphatic heterocycles. The SMILES string of the molecule is CC(C)(C)OC(=O)N1CCN(C2CC2)C(C#N)C1. The third kappa shape index (κ3) is 3.14. The summed E-state index contributed by atoms with van der Waals surface area (Å²) in [5, 5.41) is 9.20. The number of ether oxygens (including phenoxy) is 1. The number of carbonyl (C=O) groups is 1. The fourth-order valence-electron chi connectivity index (χ4n) is 2.25. The number of hydrogen-bond donors (Lipinski definition) is 0. The number of carbonyl (C=O) groups excluding carboxylic acids is 1. The van der Waals surface area contributed by atoms with Crippen LogP contribution in [0.15, 0.2) is 0 Å². The largest absolute Gasteiger partial charge is 0.444 e. The van der Waals surface area contributed by atoms with Crippen LogP contribution in [-0.2, 0) is 4.74 Å². The Hall–Kier alpha value is -1.28. The first-order valence-electron chi connectivity index (χ1n) is 6.54. The third-order valence-electron chi connectivity index (χ3n) is 3.24. The highest BCUT2D eigenvalue weighted by Crippen LogP contribution is 2.30. The maximum atomic E-state index is 11.9.